The van der Waals surface area contributed by atoms with Gasteiger partial charge in [-0.05, 0) is 24.6 Å². The van der Waals surface area contributed by atoms with Gasteiger partial charge in [0.15, 0.2) is 0 Å². The first-order valence-corrected chi connectivity index (χ1v) is 6.94. The largest absolute Gasteiger partial charge is 0.326 e. The van der Waals surface area contributed by atoms with Crippen LogP contribution in [0.4, 0.5) is 4.39 Å². The molecule has 2 N–H and O–H groups in total. The number of nitrogens with two attached hydrogens (primary N) is 1. The lowest BCUT2D eigenvalue weighted by molar-refractivity contribution is 0.472. The Hall–Kier alpha value is -0.690. The Bertz CT molecular complexity index is 535. The van der Waals surface area contributed by atoms with E-state index in [-0.39, 0.29) is 22.5 Å². The van der Waals surface area contributed by atoms with Crippen molar-refractivity contribution in [3.63, 3.8) is 0 Å². The Morgan fingerprint density at radius 3 is 2.71 bits per heavy atom. The standard InChI is InChI=1S/C10H12ClFN2O2S/c11-9-5-7(12)1-2-10(9)17(15,16)14-4-3-8(13)6-14/h1-2,5,8H,3-4,6,13H2/t8-/m1/s1. The van der Waals surface area contributed by atoms with Crippen molar-refractivity contribution in [2.24, 2.45) is 5.73 Å². The van der Waals surface area contributed by atoms with Gasteiger partial charge in [0.25, 0.3) is 0 Å². The van der Waals surface area contributed by atoms with Crippen LogP contribution in [0, 0.1) is 5.82 Å². The van der Waals surface area contributed by atoms with E-state index in [1.165, 1.54) is 10.4 Å². The highest BCUT2D eigenvalue weighted by molar-refractivity contribution is 7.89. The van der Waals surface area contributed by atoms with Crippen molar-refractivity contribution in [3.8, 4) is 0 Å². The van der Waals surface area contributed by atoms with Crippen molar-refractivity contribution in [2.45, 2.75) is 17.4 Å². The molecule has 0 saturated carbocycles. The molecule has 4 nitrogen and oxygen atoms in total. The predicted octanol–water partition coefficient (Wildman–Crippen LogP) is 1.20. The molecule has 1 saturated heterocycles. The monoisotopic (exact) mass is 278 g/mol. The normalized spacial score (nSPS) is 21.9. The predicted molar refractivity (Wildman–Crippen MR) is 62.8 cm³/mol. The van der Waals surface area contributed by atoms with Crippen LogP contribution in [-0.4, -0.2) is 31.9 Å². The second-order valence-electron chi connectivity index (χ2n) is 3.99. The topological polar surface area (TPSA) is 63.4 Å². The zero-order chi connectivity index (χ0) is 12.6. The molecule has 0 spiro atoms. The summed E-state index contributed by atoms with van der Waals surface area (Å²) in [5, 5.41) is -0.106. The van der Waals surface area contributed by atoms with E-state index in [4.69, 9.17) is 17.3 Å². The summed E-state index contributed by atoms with van der Waals surface area (Å²) in [4.78, 5) is -0.0744. The van der Waals surface area contributed by atoms with Crippen LogP contribution in [0.5, 0.6) is 0 Å². The minimum absolute atomic E-state index is 0.0744. The molecule has 94 valence electrons. The lowest BCUT2D eigenvalue weighted by Gasteiger charge is -2.16. The number of sulfonamides is 1. The van der Waals surface area contributed by atoms with E-state index < -0.39 is 15.8 Å². The van der Waals surface area contributed by atoms with Gasteiger partial charge in [0.05, 0.1) is 5.02 Å². The second-order valence-corrected chi connectivity index (χ2v) is 6.30. The van der Waals surface area contributed by atoms with Crippen LogP contribution < -0.4 is 5.73 Å². The molecule has 1 fully saturated rings. The fourth-order valence-corrected chi connectivity index (χ4v) is 3.81. The lowest BCUT2D eigenvalue weighted by atomic mass is 10.3. The highest BCUT2D eigenvalue weighted by Gasteiger charge is 2.32. The van der Waals surface area contributed by atoms with Crippen LogP contribution in [0.25, 0.3) is 0 Å². The Kier molecular flexibility index (Phi) is 3.40. The molecule has 0 radical (unpaired) electrons. The van der Waals surface area contributed by atoms with Gasteiger partial charge in [-0.15, -0.1) is 0 Å². The zero-order valence-corrected chi connectivity index (χ0v) is 10.5. The van der Waals surface area contributed by atoms with Crippen molar-refractivity contribution in [3.05, 3.63) is 29.0 Å². The van der Waals surface area contributed by atoms with E-state index >= 15 is 0 Å². The van der Waals surface area contributed by atoms with Gasteiger partial charge in [-0.2, -0.15) is 4.31 Å². The summed E-state index contributed by atoms with van der Waals surface area (Å²) in [6.07, 6.45) is 0.623. The van der Waals surface area contributed by atoms with E-state index in [0.29, 0.717) is 13.0 Å². The van der Waals surface area contributed by atoms with Gasteiger partial charge in [-0.25, -0.2) is 12.8 Å². The van der Waals surface area contributed by atoms with Gasteiger partial charge >= 0.3 is 0 Å². The maximum atomic E-state index is 12.9. The van der Waals surface area contributed by atoms with E-state index in [2.05, 4.69) is 0 Å². The molecule has 0 amide bonds. The Morgan fingerprint density at radius 1 is 1.47 bits per heavy atom. The number of benzene rings is 1. The van der Waals surface area contributed by atoms with Gasteiger partial charge in [0.2, 0.25) is 10.0 Å². The third-order valence-corrected chi connectivity index (χ3v) is 5.05. The molecule has 2 rings (SSSR count). The summed E-state index contributed by atoms with van der Waals surface area (Å²) in [6.45, 7) is 0.646. The van der Waals surface area contributed by atoms with Crippen LogP contribution in [-0.2, 0) is 10.0 Å². The molecule has 0 aliphatic carbocycles. The first kappa shape index (κ1) is 12.8. The van der Waals surface area contributed by atoms with Gasteiger partial charge < -0.3 is 5.73 Å². The molecule has 0 aromatic heterocycles. The third kappa shape index (κ3) is 2.44. The zero-order valence-electron chi connectivity index (χ0n) is 8.94. The Labute approximate surface area is 104 Å². The minimum Gasteiger partial charge on any atom is -0.326 e. The fourth-order valence-electron chi connectivity index (χ4n) is 1.80. The quantitative estimate of drug-likeness (QED) is 0.884. The third-order valence-electron chi connectivity index (χ3n) is 2.70. The highest BCUT2D eigenvalue weighted by Crippen LogP contribution is 2.27. The van der Waals surface area contributed by atoms with E-state index in [9.17, 15) is 12.8 Å². The summed E-state index contributed by atoms with van der Waals surface area (Å²) in [5.74, 6) is -0.563. The van der Waals surface area contributed by atoms with Crippen molar-refractivity contribution in [1.29, 1.82) is 0 Å². The minimum atomic E-state index is -3.66. The molecule has 1 aliphatic rings. The number of halogens is 2. The van der Waals surface area contributed by atoms with E-state index in [1.54, 1.807) is 0 Å². The molecule has 1 heterocycles. The number of nitrogens with zero attached hydrogens (tertiary/aromatic N) is 1. The van der Waals surface area contributed by atoms with Crippen LogP contribution in [0.2, 0.25) is 5.02 Å². The molecule has 1 aromatic carbocycles. The molecule has 1 aromatic rings. The fraction of sp³-hybridized carbons (Fsp3) is 0.400. The Balaban J connectivity index is 2.38. The number of hydrogen-bond donors (Lipinski definition) is 1. The summed E-state index contributed by atoms with van der Waals surface area (Å²) >= 11 is 5.75. The molecule has 7 heteroatoms. The second kappa shape index (κ2) is 4.53. The number of hydrogen-bond acceptors (Lipinski definition) is 3. The molecule has 1 aliphatic heterocycles. The van der Waals surface area contributed by atoms with Crippen LogP contribution in [0.15, 0.2) is 23.1 Å². The van der Waals surface area contributed by atoms with Gasteiger partial charge in [-0.1, -0.05) is 11.6 Å². The molecule has 17 heavy (non-hydrogen) atoms. The summed E-state index contributed by atoms with van der Waals surface area (Å²) in [6, 6.07) is 3.10. The first-order chi connectivity index (χ1) is 7.91. The lowest BCUT2D eigenvalue weighted by Crippen LogP contribution is -2.32. The Morgan fingerprint density at radius 2 is 2.18 bits per heavy atom. The molecule has 0 unspecified atom stereocenters. The molecular formula is C10H12ClFN2O2S. The number of rotatable bonds is 2. The summed E-state index contributed by atoms with van der Waals surface area (Å²) in [7, 11) is -3.66. The molecule has 1 atom stereocenters. The van der Waals surface area contributed by atoms with Gasteiger partial charge in [0, 0.05) is 19.1 Å². The van der Waals surface area contributed by atoms with E-state index in [1.807, 2.05) is 0 Å². The van der Waals surface area contributed by atoms with Crippen LogP contribution >= 0.6 is 11.6 Å². The molecular weight excluding hydrogens is 267 g/mol. The SMILES string of the molecule is N[C@@H]1CCN(S(=O)(=O)c2ccc(F)cc2Cl)C1. The first-order valence-electron chi connectivity index (χ1n) is 5.12. The van der Waals surface area contributed by atoms with Crippen LogP contribution in [0.1, 0.15) is 6.42 Å². The van der Waals surface area contributed by atoms with Crippen molar-refractivity contribution >= 4 is 21.6 Å². The van der Waals surface area contributed by atoms with E-state index in [0.717, 1.165) is 12.1 Å². The smallest absolute Gasteiger partial charge is 0.244 e. The molecule has 0 bridgehead atoms. The van der Waals surface area contributed by atoms with Crippen molar-refractivity contribution in [1.82, 2.24) is 4.31 Å². The van der Waals surface area contributed by atoms with Crippen molar-refractivity contribution < 1.29 is 12.8 Å². The summed E-state index contributed by atoms with van der Waals surface area (Å²) < 4.78 is 38.5. The maximum absolute atomic E-state index is 12.9. The summed E-state index contributed by atoms with van der Waals surface area (Å²) in [5.41, 5.74) is 5.66. The maximum Gasteiger partial charge on any atom is 0.244 e. The average Bonchev–Trinajstić information content (AvgIpc) is 2.64. The average molecular weight is 279 g/mol. The van der Waals surface area contributed by atoms with Gasteiger partial charge in [-0.3, -0.25) is 0 Å². The highest BCUT2D eigenvalue weighted by atomic mass is 35.5. The van der Waals surface area contributed by atoms with Crippen LogP contribution in [0.3, 0.4) is 0 Å². The van der Waals surface area contributed by atoms with Crippen molar-refractivity contribution in [2.75, 3.05) is 13.1 Å². The van der Waals surface area contributed by atoms with Gasteiger partial charge in [0.1, 0.15) is 10.7 Å².